The number of sulfonamides is 1. The summed E-state index contributed by atoms with van der Waals surface area (Å²) in [7, 11) is -4.07. The van der Waals surface area contributed by atoms with Gasteiger partial charge in [0.1, 0.15) is 4.90 Å². The van der Waals surface area contributed by atoms with E-state index in [-0.39, 0.29) is 38.4 Å². The van der Waals surface area contributed by atoms with Crippen LogP contribution in [-0.2, 0) is 14.8 Å². The number of anilines is 2. The summed E-state index contributed by atoms with van der Waals surface area (Å²) in [5.74, 6) is -1.14. The van der Waals surface area contributed by atoms with Crippen LogP contribution >= 0.6 is 23.2 Å². The maximum absolute atomic E-state index is 13.0. The highest BCUT2D eigenvalue weighted by Gasteiger charge is 2.21. The molecule has 10 heteroatoms. The highest BCUT2D eigenvalue weighted by atomic mass is 35.5. The van der Waals surface area contributed by atoms with E-state index in [1.54, 1.807) is 25.1 Å². The van der Waals surface area contributed by atoms with Crippen molar-refractivity contribution in [2.45, 2.75) is 25.7 Å². The first-order valence-electron chi connectivity index (χ1n) is 10.2. The molecular formula is C24H22Cl2N2O5S. The Bertz CT molecular complexity index is 1370. The lowest BCUT2D eigenvalue weighted by Crippen LogP contribution is -2.17. The molecule has 34 heavy (non-hydrogen) atoms. The second-order valence-electron chi connectivity index (χ2n) is 7.42. The van der Waals surface area contributed by atoms with E-state index in [9.17, 15) is 18.0 Å². The average Bonchev–Trinajstić information content (AvgIpc) is 2.77. The van der Waals surface area contributed by atoms with Crippen molar-refractivity contribution < 1.29 is 22.7 Å². The fourth-order valence-corrected chi connectivity index (χ4v) is 4.82. The molecule has 178 valence electrons. The first-order valence-corrected chi connectivity index (χ1v) is 12.4. The van der Waals surface area contributed by atoms with E-state index in [4.69, 9.17) is 27.9 Å². The molecule has 0 spiro atoms. The van der Waals surface area contributed by atoms with Gasteiger partial charge in [0, 0.05) is 11.3 Å². The van der Waals surface area contributed by atoms with Crippen molar-refractivity contribution in [3.63, 3.8) is 0 Å². The Morgan fingerprint density at radius 2 is 1.59 bits per heavy atom. The number of carbonyl (C=O) groups excluding carboxylic acids is 2. The van der Waals surface area contributed by atoms with Gasteiger partial charge in [-0.25, -0.2) is 13.2 Å². The zero-order chi connectivity index (χ0) is 25.0. The molecule has 0 aliphatic heterocycles. The maximum atomic E-state index is 13.0. The van der Waals surface area contributed by atoms with Gasteiger partial charge in [0.25, 0.3) is 15.9 Å². The Kier molecular flexibility index (Phi) is 7.86. The minimum absolute atomic E-state index is 0.0373. The summed E-state index contributed by atoms with van der Waals surface area (Å²) in [6.07, 6.45) is 0. The monoisotopic (exact) mass is 520 g/mol. The first-order chi connectivity index (χ1) is 16.0. The van der Waals surface area contributed by atoms with Gasteiger partial charge in [0.15, 0.2) is 0 Å². The molecule has 0 atom stereocenters. The first kappa shape index (κ1) is 25.6. The van der Waals surface area contributed by atoms with Gasteiger partial charge in [-0.05, 0) is 80.4 Å². The fraction of sp³-hybridized carbons (Fsp3) is 0.167. The highest BCUT2D eigenvalue weighted by Crippen LogP contribution is 2.28. The van der Waals surface area contributed by atoms with E-state index in [2.05, 4.69) is 10.0 Å². The van der Waals surface area contributed by atoms with Crippen LogP contribution in [0.2, 0.25) is 10.0 Å². The topological polar surface area (TPSA) is 102 Å². The SMILES string of the molecule is CCOC(=O)c1ccc(NC(=O)c2ccc(Cl)c(S(=O)(=O)Nc3ccc(C)c(C)c3)c2)c(Cl)c1. The van der Waals surface area contributed by atoms with Crippen molar-refractivity contribution in [3.05, 3.63) is 86.9 Å². The smallest absolute Gasteiger partial charge is 0.338 e. The van der Waals surface area contributed by atoms with Gasteiger partial charge >= 0.3 is 5.97 Å². The Labute approximate surface area is 208 Å². The van der Waals surface area contributed by atoms with Crippen LogP contribution in [0.5, 0.6) is 0 Å². The van der Waals surface area contributed by atoms with Crippen LogP contribution in [0.25, 0.3) is 0 Å². The summed E-state index contributed by atoms with van der Waals surface area (Å²) >= 11 is 12.3. The molecular weight excluding hydrogens is 499 g/mol. The maximum Gasteiger partial charge on any atom is 0.338 e. The molecule has 1 amide bonds. The zero-order valence-corrected chi connectivity index (χ0v) is 20.9. The molecule has 2 N–H and O–H groups in total. The standard InChI is InChI=1S/C24H22Cl2N2O5S/c1-4-33-24(30)17-7-10-21(20(26)12-17)27-23(29)16-6-9-19(25)22(13-16)34(31,32)28-18-8-5-14(2)15(3)11-18/h5-13,28H,4H2,1-3H3,(H,27,29). The van der Waals surface area contributed by atoms with Crippen LogP contribution in [0.1, 0.15) is 38.8 Å². The van der Waals surface area contributed by atoms with E-state index < -0.39 is 21.9 Å². The molecule has 0 aliphatic rings. The summed E-state index contributed by atoms with van der Waals surface area (Å²) in [5.41, 5.74) is 2.85. The Balaban J connectivity index is 1.84. The van der Waals surface area contributed by atoms with E-state index in [0.29, 0.717) is 5.69 Å². The van der Waals surface area contributed by atoms with Crippen molar-refractivity contribution in [1.82, 2.24) is 0 Å². The second kappa shape index (κ2) is 10.5. The third kappa shape index (κ3) is 5.88. The fourth-order valence-electron chi connectivity index (χ4n) is 3.02. The van der Waals surface area contributed by atoms with Gasteiger partial charge in [0.05, 0.1) is 27.9 Å². The van der Waals surface area contributed by atoms with Crippen molar-refractivity contribution in [3.8, 4) is 0 Å². The van der Waals surface area contributed by atoms with Crippen molar-refractivity contribution in [1.29, 1.82) is 0 Å². The molecule has 0 aromatic heterocycles. The molecule has 0 saturated heterocycles. The lowest BCUT2D eigenvalue weighted by molar-refractivity contribution is 0.0526. The Morgan fingerprint density at radius 3 is 2.24 bits per heavy atom. The van der Waals surface area contributed by atoms with Crippen molar-refractivity contribution in [2.24, 2.45) is 0 Å². The molecule has 0 bridgehead atoms. The number of hydrogen-bond donors (Lipinski definition) is 2. The molecule has 3 aromatic rings. The third-order valence-electron chi connectivity index (χ3n) is 4.97. The van der Waals surface area contributed by atoms with E-state index in [1.165, 1.54) is 36.4 Å². The minimum Gasteiger partial charge on any atom is -0.462 e. The van der Waals surface area contributed by atoms with Crippen LogP contribution < -0.4 is 10.0 Å². The molecule has 0 fully saturated rings. The number of ether oxygens (including phenoxy) is 1. The number of amides is 1. The molecule has 3 rings (SSSR count). The summed E-state index contributed by atoms with van der Waals surface area (Å²) in [6.45, 7) is 5.69. The third-order valence-corrected chi connectivity index (χ3v) is 7.15. The van der Waals surface area contributed by atoms with E-state index >= 15 is 0 Å². The summed E-state index contributed by atoms with van der Waals surface area (Å²) in [4.78, 5) is 24.4. The molecule has 7 nitrogen and oxygen atoms in total. The molecule has 0 aliphatic carbocycles. The minimum atomic E-state index is -4.07. The summed E-state index contributed by atoms with van der Waals surface area (Å²) in [6, 6.07) is 13.4. The van der Waals surface area contributed by atoms with Gasteiger partial charge in [-0.1, -0.05) is 29.3 Å². The molecule has 0 heterocycles. The average molecular weight is 521 g/mol. The van der Waals surface area contributed by atoms with Crippen LogP contribution in [0.15, 0.2) is 59.5 Å². The highest BCUT2D eigenvalue weighted by molar-refractivity contribution is 7.92. The number of nitrogens with one attached hydrogen (secondary N) is 2. The Hall–Kier alpha value is -3.07. The van der Waals surface area contributed by atoms with E-state index in [1.807, 2.05) is 13.8 Å². The van der Waals surface area contributed by atoms with Crippen molar-refractivity contribution >= 4 is 56.5 Å². The van der Waals surface area contributed by atoms with Crippen LogP contribution in [0.4, 0.5) is 11.4 Å². The van der Waals surface area contributed by atoms with Gasteiger partial charge in [-0.2, -0.15) is 0 Å². The lowest BCUT2D eigenvalue weighted by atomic mass is 10.1. The van der Waals surface area contributed by atoms with Gasteiger partial charge in [-0.3, -0.25) is 9.52 Å². The summed E-state index contributed by atoms with van der Waals surface area (Å²) < 4.78 is 33.3. The predicted molar refractivity (Wildman–Crippen MR) is 134 cm³/mol. The molecule has 0 radical (unpaired) electrons. The lowest BCUT2D eigenvalue weighted by Gasteiger charge is -2.13. The number of halogens is 2. The second-order valence-corrected chi connectivity index (χ2v) is 9.88. The molecule has 3 aromatic carbocycles. The predicted octanol–water partition coefficient (Wildman–Crippen LogP) is 5.84. The molecule has 0 unspecified atom stereocenters. The van der Waals surface area contributed by atoms with Crippen molar-refractivity contribution in [2.75, 3.05) is 16.6 Å². The van der Waals surface area contributed by atoms with Gasteiger partial charge in [-0.15, -0.1) is 0 Å². The number of carbonyl (C=O) groups is 2. The number of rotatable bonds is 7. The number of esters is 1. The quantitative estimate of drug-likeness (QED) is 0.381. The number of aryl methyl sites for hydroxylation is 2. The summed E-state index contributed by atoms with van der Waals surface area (Å²) in [5, 5.41) is 2.69. The Morgan fingerprint density at radius 1 is 0.882 bits per heavy atom. The molecule has 0 saturated carbocycles. The normalized spacial score (nSPS) is 11.1. The van der Waals surface area contributed by atoms with Gasteiger partial charge in [0.2, 0.25) is 0 Å². The van der Waals surface area contributed by atoms with E-state index in [0.717, 1.165) is 11.1 Å². The van der Waals surface area contributed by atoms with Gasteiger partial charge < -0.3 is 10.1 Å². The van der Waals surface area contributed by atoms with Crippen LogP contribution in [0.3, 0.4) is 0 Å². The number of benzene rings is 3. The number of hydrogen-bond acceptors (Lipinski definition) is 5. The van der Waals surface area contributed by atoms with Crippen LogP contribution in [0, 0.1) is 13.8 Å². The largest absolute Gasteiger partial charge is 0.462 e. The van der Waals surface area contributed by atoms with Crippen LogP contribution in [-0.4, -0.2) is 26.9 Å². The zero-order valence-electron chi connectivity index (χ0n) is 18.6.